The van der Waals surface area contributed by atoms with Gasteiger partial charge in [-0.2, -0.15) is 0 Å². The number of anilines is 1. The van der Waals surface area contributed by atoms with E-state index in [-0.39, 0.29) is 6.04 Å². The van der Waals surface area contributed by atoms with Gasteiger partial charge in [-0.05, 0) is 42.2 Å². The van der Waals surface area contributed by atoms with Crippen LogP contribution in [-0.2, 0) is 11.3 Å². The average Bonchev–Trinajstić information content (AvgIpc) is 3.03. The van der Waals surface area contributed by atoms with Crippen molar-refractivity contribution in [3.63, 3.8) is 0 Å². The summed E-state index contributed by atoms with van der Waals surface area (Å²) in [7, 11) is 0. The van der Waals surface area contributed by atoms with Gasteiger partial charge in [0.1, 0.15) is 0 Å². The number of hydrogen-bond donors (Lipinski definition) is 0. The molecule has 124 valence electrons. The van der Waals surface area contributed by atoms with Crippen LogP contribution in [0.15, 0.2) is 48.5 Å². The van der Waals surface area contributed by atoms with Crippen molar-refractivity contribution >= 4 is 23.2 Å². The molecule has 4 heteroatoms. The van der Waals surface area contributed by atoms with E-state index in [0.29, 0.717) is 12.3 Å². The van der Waals surface area contributed by atoms with E-state index in [9.17, 15) is 4.79 Å². The molecular weight excluding hydrogens is 320 g/mol. The molecule has 0 radical (unpaired) electrons. The minimum absolute atomic E-state index is 0.234. The first-order chi connectivity index (χ1) is 11.7. The van der Waals surface area contributed by atoms with Crippen LogP contribution in [0, 0.1) is 0 Å². The third-order valence-electron chi connectivity index (χ3n) is 5.08. The van der Waals surface area contributed by atoms with E-state index in [1.807, 2.05) is 12.1 Å². The molecular formula is C20H21ClN2O. The maximum absolute atomic E-state index is 12.2. The Hall–Kier alpha value is -2.00. The molecule has 0 bridgehead atoms. The van der Waals surface area contributed by atoms with E-state index in [1.165, 1.54) is 16.8 Å². The molecule has 2 aliphatic rings. The number of halogens is 1. The largest absolute Gasteiger partial charge is 0.367 e. The Balaban J connectivity index is 1.61. The van der Waals surface area contributed by atoms with Crippen LogP contribution in [0.1, 0.15) is 36.4 Å². The summed E-state index contributed by atoms with van der Waals surface area (Å²) in [6.07, 6.45) is 2.69. The standard InChI is InChI=1S/C20H21ClN2O/c21-16-9-7-15(8-10-16)14-22-13-11-19(23-12-3-6-20(23)24)17-4-1-2-5-18(17)22/h1-2,4-5,7-10,19H,3,6,11-14H2. The normalized spacial score (nSPS) is 20.4. The second kappa shape index (κ2) is 6.48. The SMILES string of the molecule is O=C1CCCN1C1CCN(Cc2ccc(Cl)cc2)c2ccccc21. The molecule has 1 unspecified atom stereocenters. The number of nitrogens with zero attached hydrogens (tertiary/aromatic N) is 2. The van der Waals surface area contributed by atoms with E-state index in [4.69, 9.17) is 11.6 Å². The first-order valence-electron chi connectivity index (χ1n) is 8.60. The first kappa shape index (κ1) is 15.5. The molecule has 0 aromatic heterocycles. The van der Waals surface area contributed by atoms with Gasteiger partial charge in [0.05, 0.1) is 6.04 Å². The van der Waals surface area contributed by atoms with Crippen LogP contribution in [0.4, 0.5) is 5.69 Å². The van der Waals surface area contributed by atoms with Gasteiger partial charge in [0, 0.05) is 36.8 Å². The van der Waals surface area contributed by atoms with Crippen LogP contribution < -0.4 is 4.90 Å². The number of fused-ring (bicyclic) bond motifs is 1. The first-order valence-corrected chi connectivity index (χ1v) is 8.98. The smallest absolute Gasteiger partial charge is 0.223 e. The van der Waals surface area contributed by atoms with E-state index in [0.717, 1.165) is 37.5 Å². The highest BCUT2D eigenvalue weighted by molar-refractivity contribution is 6.30. The Kier molecular flexibility index (Phi) is 4.19. The molecule has 2 aromatic rings. The molecule has 0 aliphatic carbocycles. The van der Waals surface area contributed by atoms with Gasteiger partial charge in [-0.1, -0.05) is 41.9 Å². The maximum Gasteiger partial charge on any atom is 0.223 e. The third kappa shape index (κ3) is 2.89. The zero-order valence-electron chi connectivity index (χ0n) is 13.6. The molecule has 1 saturated heterocycles. The number of amides is 1. The summed E-state index contributed by atoms with van der Waals surface area (Å²) in [5, 5.41) is 0.769. The van der Waals surface area contributed by atoms with Crippen molar-refractivity contribution < 1.29 is 4.79 Å². The fourth-order valence-electron chi connectivity index (χ4n) is 3.91. The fraction of sp³-hybridized carbons (Fsp3) is 0.350. The molecule has 0 spiro atoms. The predicted molar refractivity (Wildman–Crippen MR) is 97.2 cm³/mol. The van der Waals surface area contributed by atoms with E-state index in [2.05, 4.69) is 46.2 Å². The molecule has 2 heterocycles. The summed E-state index contributed by atoms with van der Waals surface area (Å²) < 4.78 is 0. The van der Waals surface area contributed by atoms with Gasteiger partial charge in [0.25, 0.3) is 0 Å². The summed E-state index contributed by atoms with van der Waals surface area (Å²) in [5.74, 6) is 0.306. The van der Waals surface area contributed by atoms with E-state index >= 15 is 0 Å². The minimum Gasteiger partial charge on any atom is -0.367 e. The van der Waals surface area contributed by atoms with Crippen LogP contribution in [0.2, 0.25) is 5.02 Å². The molecule has 1 fully saturated rings. The summed E-state index contributed by atoms with van der Waals surface area (Å²) in [5.41, 5.74) is 3.79. The molecule has 2 aromatic carbocycles. The number of hydrogen-bond acceptors (Lipinski definition) is 2. The molecule has 24 heavy (non-hydrogen) atoms. The second-order valence-corrected chi connectivity index (χ2v) is 7.04. The predicted octanol–water partition coefficient (Wildman–Crippen LogP) is 4.41. The number of benzene rings is 2. The average molecular weight is 341 g/mol. The van der Waals surface area contributed by atoms with Gasteiger partial charge in [-0.25, -0.2) is 0 Å². The molecule has 3 nitrogen and oxygen atoms in total. The van der Waals surface area contributed by atoms with Crippen molar-refractivity contribution in [3.05, 3.63) is 64.7 Å². The van der Waals surface area contributed by atoms with Crippen molar-refractivity contribution in [1.29, 1.82) is 0 Å². The Labute approximate surface area is 147 Å². The Morgan fingerprint density at radius 1 is 1.04 bits per heavy atom. The molecule has 1 amide bonds. The van der Waals surface area contributed by atoms with Crippen molar-refractivity contribution in [3.8, 4) is 0 Å². The third-order valence-corrected chi connectivity index (χ3v) is 5.33. The van der Waals surface area contributed by atoms with Gasteiger partial charge in [0.2, 0.25) is 5.91 Å². The zero-order valence-corrected chi connectivity index (χ0v) is 14.4. The lowest BCUT2D eigenvalue weighted by atomic mass is 9.94. The maximum atomic E-state index is 12.2. The van der Waals surface area contributed by atoms with Gasteiger partial charge in [0.15, 0.2) is 0 Å². The highest BCUT2D eigenvalue weighted by Gasteiger charge is 2.33. The number of para-hydroxylation sites is 1. The molecule has 0 N–H and O–H groups in total. The summed E-state index contributed by atoms with van der Waals surface area (Å²) in [4.78, 5) is 16.7. The minimum atomic E-state index is 0.234. The van der Waals surface area contributed by atoms with Crippen LogP contribution in [0.25, 0.3) is 0 Å². The van der Waals surface area contributed by atoms with Crippen molar-refractivity contribution in [1.82, 2.24) is 4.90 Å². The molecule has 1 atom stereocenters. The molecule has 0 saturated carbocycles. The molecule has 2 aliphatic heterocycles. The number of rotatable bonds is 3. The summed E-state index contributed by atoms with van der Waals surface area (Å²) in [6, 6.07) is 16.8. The van der Waals surface area contributed by atoms with Crippen molar-refractivity contribution in [2.75, 3.05) is 18.0 Å². The van der Waals surface area contributed by atoms with Gasteiger partial charge < -0.3 is 9.80 Å². The van der Waals surface area contributed by atoms with Gasteiger partial charge in [-0.3, -0.25) is 4.79 Å². The lowest BCUT2D eigenvalue weighted by Crippen LogP contribution is -2.38. The summed E-state index contributed by atoms with van der Waals surface area (Å²) in [6.45, 7) is 2.73. The lowest BCUT2D eigenvalue weighted by molar-refractivity contribution is -0.130. The Bertz CT molecular complexity index is 744. The topological polar surface area (TPSA) is 23.6 Å². The Morgan fingerprint density at radius 2 is 1.83 bits per heavy atom. The highest BCUT2D eigenvalue weighted by atomic mass is 35.5. The summed E-state index contributed by atoms with van der Waals surface area (Å²) >= 11 is 5.99. The highest BCUT2D eigenvalue weighted by Crippen LogP contribution is 2.39. The van der Waals surface area contributed by atoms with Crippen LogP contribution in [0.5, 0.6) is 0 Å². The monoisotopic (exact) mass is 340 g/mol. The number of carbonyl (C=O) groups is 1. The number of likely N-dealkylation sites (tertiary alicyclic amines) is 1. The van der Waals surface area contributed by atoms with Crippen LogP contribution in [-0.4, -0.2) is 23.9 Å². The number of carbonyl (C=O) groups excluding carboxylic acids is 1. The van der Waals surface area contributed by atoms with Crippen LogP contribution in [0.3, 0.4) is 0 Å². The fourth-order valence-corrected chi connectivity index (χ4v) is 4.03. The van der Waals surface area contributed by atoms with Crippen LogP contribution >= 0.6 is 11.6 Å². The molecule has 4 rings (SSSR count). The van der Waals surface area contributed by atoms with E-state index < -0.39 is 0 Å². The zero-order chi connectivity index (χ0) is 16.5. The Morgan fingerprint density at radius 3 is 2.58 bits per heavy atom. The van der Waals surface area contributed by atoms with E-state index in [1.54, 1.807) is 0 Å². The lowest BCUT2D eigenvalue weighted by Gasteiger charge is -2.39. The second-order valence-electron chi connectivity index (χ2n) is 6.60. The van der Waals surface area contributed by atoms with Gasteiger partial charge in [-0.15, -0.1) is 0 Å². The van der Waals surface area contributed by atoms with Gasteiger partial charge >= 0.3 is 0 Å². The quantitative estimate of drug-likeness (QED) is 0.826. The van der Waals surface area contributed by atoms with Crippen molar-refractivity contribution in [2.45, 2.75) is 31.8 Å². The van der Waals surface area contributed by atoms with Crippen molar-refractivity contribution in [2.24, 2.45) is 0 Å².